The van der Waals surface area contributed by atoms with Crippen molar-refractivity contribution < 1.29 is 14.6 Å². The molecule has 0 aliphatic carbocycles. The Morgan fingerprint density at radius 3 is 2.83 bits per heavy atom. The molecule has 0 radical (unpaired) electrons. The van der Waals surface area contributed by atoms with Gasteiger partial charge in [-0.1, -0.05) is 36.4 Å². The fourth-order valence-corrected chi connectivity index (χ4v) is 3.95. The second kappa shape index (κ2) is 8.46. The summed E-state index contributed by atoms with van der Waals surface area (Å²) in [6, 6.07) is 16.6. The zero-order valence-electron chi connectivity index (χ0n) is 15.7. The first-order valence-electron chi connectivity index (χ1n) is 9.05. The Bertz CT molecular complexity index is 1110. The lowest BCUT2D eigenvalue weighted by Crippen LogP contribution is -2.21. The number of amides is 1. The molecule has 7 heteroatoms. The minimum atomic E-state index is -0.422. The van der Waals surface area contributed by atoms with Crippen molar-refractivity contribution in [2.24, 2.45) is 4.99 Å². The van der Waals surface area contributed by atoms with Gasteiger partial charge in [-0.25, -0.2) is 0 Å². The van der Waals surface area contributed by atoms with E-state index in [4.69, 9.17) is 4.74 Å². The van der Waals surface area contributed by atoms with Gasteiger partial charge in [0.2, 0.25) is 0 Å². The maximum absolute atomic E-state index is 12.4. The summed E-state index contributed by atoms with van der Waals surface area (Å²) in [5, 5.41) is 13.8. The van der Waals surface area contributed by atoms with Crippen LogP contribution in [0.1, 0.15) is 17.2 Å². The first-order valence-corrected chi connectivity index (χ1v) is 9.87. The minimum Gasteiger partial charge on any atom is -0.496 e. The second-order valence-corrected chi connectivity index (χ2v) is 7.43. The maximum Gasteiger partial charge on any atom is 0.264 e. The van der Waals surface area contributed by atoms with E-state index in [1.54, 1.807) is 19.4 Å². The van der Waals surface area contributed by atoms with Crippen molar-refractivity contribution >= 4 is 39.8 Å². The summed E-state index contributed by atoms with van der Waals surface area (Å²) in [7, 11) is 1.62. The number of thioether (sulfide) groups is 1. The van der Waals surface area contributed by atoms with E-state index < -0.39 is 6.04 Å². The Balaban J connectivity index is 1.61. The highest BCUT2D eigenvalue weighted by molar-refractivity contribution is 8.18. The second-order valence-electron chi connectivity index (χ2n) is 6.40. The average Bonchev–Trinajstić information content (AvgIpc) is 3.10. The molecule has 6 nitrogen and oxygen atoms in total. The van der Waals surface area contributed by atoms with Gasteiger partial charge in [0, 0.05) is 11.6 Å². The monoisotopic (exact) mass is 405 g/mol. The lowest BCUT2D eigenvalue weighted by Gasteiger charge is -2.10. The van der Waals surface area contributed by atoms with Gasteiger partial charge >= 0.3 is 0 Å². The van der Waals surface area contributed by atoms with Crippen molar-refractivity contribution in [2.75, 3.05) is 13.7 Å². The lowest BCUT2D eigenvalue weighted by atomic mass is 10.1. The van der Waals surface area contributed by atoms with Crippen LogP contribution in [0.2, 0.25) is 0 Å². The van der Waals surface area contributed by atoms with Crippen molar-refractivity contribution in [3.63, 3.8) is 0 Å². The number of fused-ring (bicyclic) bond motifs is 1. The number of ether oxygens (including phenoxy) is 1. The highest BCUT2D eigenvalue weighted by atomic mass is 32.2. The van der Waals surface area contributed by atoms with Gasteiger partial charge in [-0.15, -0.1) is 0 Å². The quantitative estimate of drug-likeness (QED) is 0.635. The molecule has 1 saturated heterocycles. The molecule has 1 aliphatic heterocycles. The molecule has 1 amide bonds. The van der Waals surface area contributed by atoms with E-state index in [0.717, 1.165) is 27.8 Å². The Labute approximate surface area is 172 Å². The summed E-state index contributed by atoms with van der Waals surface area (Å²) in [4.78, 5) is 21.8. The predicted molar refractivity (Wildman–Crippen MR) is 116 cm³/mol. The van der Waals surface area contributed by atoms with E-state index in [1.165, 1.54) is 11.8 Å². The number of benzene rings is 2. The maximum atomic E-state index is 12.4. The van der Waals surface area contributed by atoms with E-state index in [-0.39, 0.29) is 12.5 Å². The molecule has 0 bridgehead atoms. The van der Waals surface area contributed by atoms with E-state index in [2.05, 4.69) is 15.3 Å². The number of rotatable bonds is 5. The third-order valence-electron chi connectivity index (χ3n) is 4.52. The third kappa shape index (κ3) is 4.16. The number of nitrogens with zero attached hydrogens (tertiary/aromatic N) is 2. The van der Waals surface area contributed by atoms with Crippen molar-refractivity contribution in [1.29, 1.82) is 0 Å². The molecule has 2 N–H and O–H groups in total. The summed E-state index contributed by atoms with van der Waals surface area (Å²) in [6.07, 6.45) is 3.51. The molecule has 1 aliphatic rings. The molecule has 0 spiro atoms. The highest BCUT2D eigenvalue weighted by Crippen LogP contribution is 2.30. The SMILES string of the molecule is COc1ccnc2ccc(C=C3SC(=N[C@@H](CO)c4ccccc4)NC3=O)cc12. The number of aliphatic imine (C=N–C) groups is 1. The molecule has 4 rings (SSSR count). The smallest absolute Gasteiger partial charge is 0.264 e. The van der Waals surface area contributed by atoms with Gasteiger partial charge < -0.3 is 15.2 Å². The fraction of sp³-hybridized carbons (Fsp3) is 0.136. The normalized spacial score (nSPS) is 17.7. The molecule has 29 heavy (non-hydrogen) atoms. The summed E-state index contributed by atoms with van der Waals surface area (Å²) in [5.41, 5.74) is 2.58. The standard InChI is InChI=1S/C22H19N3O3S/c1-28-19-9-10-23-17-8-7-14(11-16(17)19)12-20-21(27)25-22(29-20)24-18(13-26)15-5-3-2-4-6-15/h2-12,18,26H,13H2,1H3,(H,24,25,27)/t18-/m0/s1. The molecular weight excluding hydrogens is 386 g/mol. The Morgan fingerprint density at radius 1 is 1.24 bits per heavy atom. The number of carbonyl (C=O) groups is 1. The van der Waals surface area contributed by atoms with Crippen LogP contribution in [0, 0.1) is 0 Å². The van der Waals surface area contributed by atoms with Crippen LogP contribution in [0.15, 0.2) is 70.7 Å². The van der Waals surface area contributed by atoms with E-state index >= 15 is 0 Å². The zero-order valence-corrected chi connectivity index (χ0v) is 16.5. The molecule has 2 heterocycles. The average molecular weight is 405 g/mol. The van der Waals surface area contributed by atoms with Crippen LogP contribution in [0.4, 0.5) is 0 Å². The first-order chi connectivity index (χ1) is 14.2. The number of pyridine rings is 1. The summed E-state index contributed by atoms with van der Waals surface area (Å²) in [5.74, 6) is 0.520. The number of hydrogen-bond donors (Lipinski definition) is 2. The molecule has 0 saturated carbocycles. The van der Waals surface area contributed by atoms with Crippen molar-refractivity contribution in [2.45, 2.75) is 6.04 Å². The number of hydrogen-bond acceptors (Lipinski definition) is 6. The van der Waals surface area contributed by atoms with Crippen molar-refractivity contribution in [1.82, 2.24) is 10.3 Å². The Hall–Kier alpha value is -3.16. The highest BCUT2D eigenvalue weighted by Gasteiger charge is 2.25. The number of aromatic nitrogens is 1. The molecule has 146 valence electrons. The first kappa shape index (κ1) is 19.2. The molecule has 3 aromatic rings. The van der Waals surface area contributed by atoms with E-state index in [9.17, 15) is 9.90 Å². The van der Waals surface area contributed by atoms with Crippen LogP contribution in [-0.2, 0) is 4.79 Å². The van der Waals surface area contributed by atoms with Gasteiger partial charge in [-0.2, -0.15) is 0 Å². The number of carbonyl (C=O) groups excluding carboxylic acids is 1. The van der Waals surface area contributed by atoms with Crippen molar-refractivity contribution in [3.05, 3.63) is 76.8 Å². The number of aliphatic hydroxyl groups excluding tert-OH is 1. The van der Waals surface area contributed by atoms with Gasteiger partial charge in [0.1, 0.15) is 11.8 Å². The summed E-state index contributed by atoms with van der Waals surface area (Å²) < 4.78 is 5.40. The van der Waals surface area contributed by atoms with E-state index in [0.29, 0.717) is 10.1 Å². The molecule has 0 unspecified atom stereocenters. The van der Waals surface area contributed by atoms with Crippen LogP contribution >= 0.6 is 11.8 Å². The minimum absolute atomic E-state index is 0.138. The number of nitrogens with one attached hydrogen (secondary N) is 1. The molecule has 2 aromatic carbocycles. The van der Waals surface area contributed by atoms with Crippen LogP contribution in [0.3, 0.4) is 0 Å². The third-order valence-corrected chi connectivity index (χ3v) is 5.45. The molecule has 1 aromatic heterocycles. The zero-order chi connectivity index (χ0) is 20.2. The topological polar surface area (TPSA) is 83.8 Å². The predicted octanol–water partition coefficient (Wildman–Crippen LogP) is 3.54. The van der Waals surface area contributed by atoms with Gasteiger partial charge in [0.25, 0.3) is 5.91 Å². The van der Waals surface area contributed by atoms with E-state index in [1.807, 2.05) is 54.6 Å². The van der Waals surface area contributed by atoms with Gasteiger partial charge in [0.15, 0.2) is 5.17 Å². The summed E-state index contributed by atoms with van der Waals surface area (Å²) in [6.45, 7) is -0.138. The van der Waals surface area contributed by atoms with Gasteiger partial charge in [0.05, 0.1) is 24.1 Å². The molecular formula is C22H19N3O3S. The number of amidine groups is 1. The number of aliphatic hydroxyl groups is 1. The molecule has 1 atom stereocenters. The molecule has 1 fully saturated rings. The van der Waals surface area contributed by atoms with Crippen LogP contribution in [0.5, 0.6) is 5.75 Å². The van der Waals surface area contributed by atoms with Gasteiger partial charge in [-0.3, -0.25) is 14.8 Å². The van der Waals surface area contributed by atoms with Crippen LogP contribution in [0.25, 0.3) is 17.0 Å². The van der Waals surface area contributed by atoms with Gasteiger partial charge in [-0.05, 0) is 47.2 Å². The summed E-state index contributed by atoms with van der Waals surface area (Å²) >= 11 is 1.26. The van der Waals surface area contributed by atoms with Crippen LogP contribution in [-0.4, -0.2) is 34.9 Å². The fourth-order valence-electron chi connectivity index (χ4n) is 3.08. The van der Waals surface area contributed by atoms with Crippen LogP contribution < -0.4 is 10.1 Å². The van der Waals surface area contributed by atoms with Crippen molar-refractivity contribution in [3.8, 4) is 5.75 Å². The lowest BCUT2D eigenvalue weighted by molar-refractivity contribution is -0.115. The Morgan fingerprint density at radius 2 is 2.07 bits per heavy atom. The Kier molecular flexibility index (Phi) is 5.59. The number of methoxy groups -OCH3 is 1. The largest absolute Gasteiger partial charge is 0.496 e.